The van der Waals surface area contributed by atoms with Crippen molar-refractivity contribution in [3.8, 4) is 5.75 Å². The average molecular weight is 407 g/mol. The van der Waals surface area contributed by atoms with Crippen molar-refractivity contribution in [2.45, 2.75) is 17.7 Å². The van der Waals surface area contributed by atoms with Gasteiger partial charge in [0.15, 0.2) is 0 Å². The fourth-order valence-corrected chi connectivity index (χ4v) is 4.57. The number of piperidine rings is 1. The highest BCUT2D eigenvalue weighted by Gasteiger charge is 2.34. The number of carbonyl (C=O) groups is 1. The third kappa shape index (κ3) is 5.08. The third-order valence-corrected chi connectivity index (χ3v) is 6.39. The van der Waals surface area contributed by atoms with Crippen LogP contribution in [0.25, 0.3) is 0 Å². The standard InChI is InChI=1S/C20H22FNO5S/c21-17-8-10-19(11-9-17)28(24,25)22-12-4-5-16(15-22)20(23)27-14-13-26-18-6-2-1-3-7-18/h1-3,6-11,16H,4-5,12-15H2. The second-order valence-corrected chi connectivity index (χ2v) is 8.42. The molecule has 2 aromatic rings. The van der Waals surface area contributed by atoms with Crippen LogP contribution < -0.4 is 4.74 Å². The molecule has 0 radical (unpaired) electrons. The molecule has 1 saturated heterocycles. The van der Waals surface area contributed by atoms with Crippen LogP contribution in [0, 0.1) is 11.7 Å². The third-order valence-electron chi connectivity index (χ3n) is 4.51. The van der Waals surface area contributed by atoms with Crippen molar-refractivity contribution in [2.24, 2.45) is 5.92 Å². The highest BCUT2D eigenvalue weighted by atomic mass is 32.2. The Bertz CT molecular complexity index is 887. The summed E-state index contributed by atoms with van der Waals surface area (Å²) in [5, 5.41) is 0. The summed E-state index contributed by atoms with van der Waals surface area (Å²) >= 11 is 0. The summed E-state index contributed by atoms with van der Waals surface area (Å²) in [7, 11) is -3.77. The van der Waals surface area contributed by atoms with E-state index < -0.39 is 27.7 Å². The van der Waals surface area contributed by atoms with Crippen LogP contribution in [0.3, 0.4) is 0 Å². The number of ether oxygens (including phenoxy) is 2. The van der Waals surface area contributed by atoms with Gasteiger partial charge in [0, 0.05) is 13.1 Å². The topological polar surface area (TPSA) is 72.9 Å². The minimum Gasteiger partial charge on any atom is -0.490 e. The smallest absolute Gasteiger partial charge is 0.310 e. The first-order valence-corrected chi connectivity index (χ1v) is 10.5. The van der Waals surface area contributed by atoms with E-state index in [0.29, 0.717) is 25.1 Å². The van der Waals surface area contributed by atoms with Crippen molar-refractivity contribution < 1.29 is 27.1 Å². The van der Waals surface area contributed by atoms with Gasteiger partial charge in [0.25, 0.3) is 0 Å². The monoisotopic (exact) mass is 407 g/mol. The molecule has 1 heterocycles. The van der Waals surface area contributed by atoms with Crippen LogP contribution in [-0.2, 0) is 19.6 Å². The number of hydrogen-bond donors (Lipinski definition) is 0. The summed E-state index contributed by atoms with van der Waals surface area (Å²) in [5.74, 6) is -0.777. The Morgan fingerprint density at radius 3 is 2.50 bits per heavy atom. The zero-order chi connectivity index (χ0) is 20.0. The zero-order valence-corrected chi connectivity index (χ0v) is 16.1. The van der Waals surface area contributed by atoms with Crippen molar-refractivity contribution >= 4 is 16.0 Å². The Balaban J connectivity index is 1.52. The maximum Gasteiger partial charge on any atom is 0.310 e. The zero-order valence-electron chi connectivity index (χ0n) is 15.3. The first-order chi connectivity index (χ1) is 13.5. The maximum absolute atomic E-state index is 13.1. The molecule has 0 bridgehead atoms. The predicted molar refractivity (Wildman–Crippen MR) is 101 cm³/mol. The van der Waals surface area contributed by atoms with E-state index in [9.17, 15) is 17.6 Å². The van der Waals surface area contributed by atoms with Crippen LogP contribution in [0.2, 0.25) is 0 Å². The van der Waals surface area contributed by atoms with Gasteiger partial charge in [-0.3, -0.25) is 4.79 Å². The Morgan fingerprint density at radius 2 is 1.79 bits per heavy atom. The van der Waals surface area contributed by atoms with E-state index in [0.717, 1.165) is 12.1 Å². The molecule has 2 aromatic carbocycles. The first kappa shape index (κ1) is 20.3. The van der Waals surface area contributed by atoms with E-state index in [1.807, 2.05) is 18.2 Å². The number of carbonyl (C=O) groups excluding carboxylic acids is 1. The largest absolute Gasteiger partial charge is 0.490 e. The summed E-state index contributed by atoms with van der Waals surface area (Å²) in [6, 6.07) is 13.9. The number of para-hydroxylation sites is 1. The van der Waals surface area contributed by atoms with Crippen LogP contribution in [0.1, 0.15) is 12.8 Å². The highest BCUT2D eigenvalue weighted by molar-refractivity contribution is 7.89. The molecule has 6 nitrogen and oxygen atoms in total. The first-order valence-electron chi connectivity index (χ1n) is 9.07. The highest BCUT2D eigenvalue weighted by Crippen LogP contribution is 2.24. The van der Waals surface area contributed by atoms with Crippen molar-refractivity contribution in [1.29, 1.82) is 0 Å². The van der Waals surface area contributed by atoms with Gasteiger partial charge >= 0.3 is 5.97 Å². The lowest BCUT2D eigenvalue weighted by Gasteiger charge is -2.30. The van der Waals surface area contributed by atoms with E-state index in [4.69, 9.17) is 9.47 Å². The molecule has 1 fully saturated rings. The number of hydrogen-bond acceptors (Lipinski definition) is 5. The molecule has 1 unspecified atom stereocenters. The number of halogens is 1. The molecule has 0 aromatic heterocycles. The van der Waals surface area contributed by atoms with Crippen LogP contribution in [-0.4, -0.2) is 45.0 Å². The van der Waals surface area contributed by atoms with Crippen LogP contribution in [0.15, 0.2) is 59.5 Å². The van der Waals surface area contributed by atoms with Gasteiger partial charge in [0.2, 0.25) is 10.0 Å². The molecule has 1 aliphatic rings. The van der Waals surface area contributed by atoms with Crippen molar-refractivity contribution in [3.05, 3.63) is 60.4 Å². The Morgan fingerprint density at radius 1 is 1.07 bits per heavy atom. The number of benzene rings is 2. The van der Waals surface area contributed by atoms with Gasteiger partial charge < -0.3 is 9.47 Å². The lowest BCUT2D eigenvalue weighted by molar-refractivity contribution is -0.150. The van der Waals surface area contributed by atoms with Crippen LogP contribution in [0.5, 0.6) is 5.75 Å². The van der Waals surface area contributed by atoms with Gasteiger partial charge in [-0.15, -0.1) is 0 Å². The van der Waals surface area contributed by atoms with Crippen molar-refractivity contribution in [2.75, 3.05) is 26.3 Å². The van der Waals surface area contributed by atoms with E-state index in [1.165, 1.54) is 16.4 Å². The predicted octanol–water partition coefficient (Wildman–Crippen LogP) is 2.85. The molecule has 3 rings (SSSR count). The minimum atomic E-state index is -3.77. The second kappa shape index (κ2) is 9.16. The molecule has 28 heavy (non-hydrogen) atoms. The molecule has 0 spiro atoms. The summed E-state index contributed by atoms with van der Waals surface area (Å²) < 4.78 is 50.5. The van der Waals surface area contributed by atoms with Crippen molar-refractivity contribution in [1.82, 2.24) is 4.31 Å². The Hall–Kier alpha value is -2.45. The SMILES string of the molecule is O=C(OCCOc1ccccc1)C1CCCN(S(=O)(=O)c2ccc(F)cc2)C1. The molecule has 0 amide bonds. The molecule has 0 N–H and O–H groups in total. The van der Waals surface area contributed by atoms with Gasteiger partial charge in [-0.05, 0) is 49.2 Å². The molecule has 0 saturated carbocycles. The molecule has 150 valence electrons. The maximum atomic E-state index is 13.1. The minimum absolute atomic E-state index is 0.0131. The molecular weight excluding hydrogens is 385 g/mol. The van der Waals surface area contributed by atoms with E-state index in [2.05, 4.69) is 0 Å². The van der Waals surface area contributed by atoms with Gasteiger partial charge in [-0.1, -0.05) is 18.2 Å². The van der Waals surface area contributed by atoms with E-state index >= 15 is 0 Å². The molecular formula is C20H22FNO5S. The summed E-state index contributed by atoms with van der Waals surface area (Å²) in [5.41, 5.74) is 0. The Labute approximate surface area is 163 Å². The second-order valence-electron chi connectivity index (χ2n) is 6.49. The average Bonchev–Trinajstić information content (AvgIpc) is 2.72. The number of sulfonamides is 1. The summed E-state index contributed by atoms with van der Waals surface area (Å²) in [6.45, 7) is 0.688. The van der Waals surface area contributed by atoms with E-state index in [1.54, 1.807) is 12.1 Å². The van der Waals surface area contributed by atoms with Crippen LogP contribution in [0.4, 0.5) is 4.39 Å². The molecule has 0 aliphatic carbocycles. The molecule has 1 atom stereocenters. The number of rotatable bonds is 7. The fraction of sp³-hybridized carbons (Fsp3) is 0.350. The fourth-order valence-electron chi connectivity index (χ4n) is 3.05. The normalized spacial score (nSPS) is 17.8. The molecule has 1 aliphatic heterocycles. The quantitative estimate of drug-likeness (QED) is 0.521. The van der Waals surface area contributed by atoms with E-state index in [-0.39, 0.29) is 24.7 Å². The van der Waals surface area contributed by atoms with Gasteiger partial charge in [0.1, 0.15) is 24.8 Å². The van der Waals surface area contributed by atoms with Gasteiger partial charge in [-0.2, -0.15) is 4.31 Å². The van der Waals surface area contributed by atoms with Crippen LogP contribution >= 0.6 is 0 Å². The Kier molecular flexibility index (Phi) is 6.64. The number of nitrogens with zero attached hydrogens (tertiary/aromatic N) is 1. The lowest BCUT2D eigenvalue weighted by Crippen LogP contribution is -2.42. The molecule has 8 heteroatoms. The van der Waals surface area contributed by atoms with Gasteiger partial charge in [-0.25, -0.2) is 12.8 Å². The van der Waals surface area contributed by atoms with Crippen molar-refractivity contribution in [3.63, 3.8) is 0 Å². The summed E-state index contributed by atoms with van der Waals surface area (Å²) in [6.07, 6.45) is 1.12. The lowest BCUT2D eigenvalue weighted by atomic mass is 10.0. The number of esters is 1. The van der Waals surface area contributed by atoms with Gasteiger partial charge in [0.05, 0.1) is 10.8 Å². The summed E-state index contributed by atoms with van der Waals surface area (Å²) in [4.78, 5) is 12.3.